The average molecular weight is 183 g/mol. The first-order valence-electron chi connectivity index (χ1n) is 4.03. The van der Waals surface area contributed by atoms with E-state index in [9.17, 15) is 4.79 Å². The highest BCUT2D eigenvalue weighted by molar-refractivity contribution is 5.90. The summed E-state index contributed by atoms with van der Waals surface area (Å²) in [5, 5.41) is 9.16. The number of hydrogen-bond acceptors (Lipinski definition) is 3. The molecule has 13 heavy (non-hydrogen) atoms. The zero-order valence-corrected chi connectivity index (χ0v) is 7.76. The smallest absolute Gasteiger partial charge is 0.227 e. The van der Waals surface area contributed by atoms with E-state index < -0.39 is 0 Å². The van der Waals surface area contributed by atoms with E-state index in [-0.39, 0.29) is 5.91 Å². The monoisotopic (exact) mass is 183 g/mol. The summed E-state index contributed by atoms with van der Waals surface area (Å²) >= 11 is 0. The van der Waals surface area contributed by atoms with Crippen LogP contribution in [-0.2, 0) is 9.53 Å². The minimum atomic E-state index is -0.0748. The fraction of sp³-hybridized carbons (Fsp3) is 0.500. The molecule has 5 heteroatoms. The van der Waals surface area contributed by atoms with Gasteiger partial charge in [0.1, 0.15) is 5.82 Å². The molecular weight excluding hydrogens is 170 g/mol. The molecule has 0 aliphatic heterocycles. The van der Waals surface area contributed by atoms with Crippen molar-refractivity contribution in [2.75, 3.05) is 19.0 Å². The van der Waals surface area contributed by atoms with Crippen LogP contribution in [0.2, 0.25) is 0 Å². The SMILES string of the molecule is COCCC(=O)Nc1[nH]ncc1C. The van der Waals surface area contributed by atoms with Crippen LogP contribution in [0.25, 0.3) is 0 Å². The summed E-state index contributed by atoms with van der Waals surface area (Å²) in [5.41, 5.74) is 0.922. The van der Waals surface area contributed by atoms with E-state index in [0.29, 0.717) is 18.8 Å². The van der Waals surface area contributed by atoms with Gasteiger partial charge in [0.05, 0.1) is 19.2 Å². The highest BCUT2D eigenvalue weighted by Gasteiger charge is 2.04. The van der Waals surface area contributed by atoms with Gasteiger partial charge in [-0.3, -0.25) is 9.89 Å². The van der Waals surface area contributed by atoms with Gasteiger partial charge in [0, 0.05) is 12.7 Å². The fourth-order valence-corrected chi connectivity index (χ4v) is 0.870. The third kappa shape index (κ3) is 2.87. The van der Waals surface area contributed by atoms with E-state index in [1.807, 2.05) is 6.92 Å². The number of nitrogens with zero attached hydrogens (tertiary/aromatic N) is 1. The zero-order valence-electron chi connectivity index (χ0n) is 7.76. The number of H-pyrrole nitrogens is 1. The Bertz CT molecular complexity index is 283. The van der Waals surface area contributed by atoms with Crippen molar-refractivity contribution in [1.29, 1.82) is 0 Å². The van der Waals surface area contributed by atoms with Crippen LogP contribution in [0.1, 0.15) is 12.0 Å². The number of anilines is 1. The van der Waals surface area contributed by atoms with Crippen molar-refractivity contribution in [2.24, 2.45) is 0 Å². The summed E-state index contributed by atoms with van der Waals surface area (Å²) in [5.74, 6) is 0.579. The summed E-state index contributed by atoms with van der Waals surface area (Å²) in [7, 11) is 1.56. The summed E-state index contributed by atoms with van der Waals surface area (Å²) < 4.78 is 4.78. The number of hydrogen-bond donors (Lipinski definition) is 2. The number of methoxy groups -OCH3 is 1. The minimum Gasteiger partial charge on any atom is -0.384 e. The molecule has 0 aliphatic carbocycles. The van der Waals surface area contributed by atoms with Crippen LogP contribution in [0, 0.1) is 6.92 Å². The Hall–Kier alpha value is -1.36. The van der Waals surface area contributed by atoms with Gasteiger partial charge in [-0.05, 0) is 6.92 Å². The maximum absolute atomic E-state index is 11.2. The van der Waals surface area contributed by atoms with E-state index in [4.69, 9.17) is 4.74 Å². The Balaban J connectivity index is 2.41. The van der Waals surface area contributed by atoms with Crippen LogP contribution in [0.3, 0.4) is 0 Å². The predicted molar refractivity (Wildman–Crippen MR) is 48.4 cm³/mol. The van der Waals surface area contributed by atoms with Crippen LogP contribution in [-0.4, -0.2) is 29.8 Å². The molecule has 0 spiro atoms. The van der Waals surface area contributed by atoms with Crippen LogP contribution in [0.15, 0.2) is 6.20 Å². The Kier molecular flexibility index (Phi) is 3.45. The van der Waals surface area contributed by atoms with Gasteiger partial charge < -0.3 is 10.1 Å². The molecule has 1 amide bonds. The molecule has 1 aromatic rings. The lowest BCUT2D eigenvalue weighted by Gasteiger charge is -2.02. The fourth-order valence-electron chi connectivity index (χ4n) is 0.870. The first kappa shape index (κ1) is 9.73. The molecule has 0 saturated heterocycles. The second kappa shape index (κ2) is 4.61. The second-order valence-corrected chi connectivity index (χ2v) is 2.72. The first-order valence-corrected chi connectivity index (χ1v) is 4.03. The maximum Gasteiger partial charge on any atom is 0.227 e. The van der Waals surface area contributed by atoms with E-state index in [0.717, 1.165) is 5.56 Å². The highest BCUT2D eigenvalue weighted by Crippen LogP contribution is 2.08. The van der Waals surface area contributed by atoms with Crippen LogP contribution in [0.5, 0.6) is 0 Å². The molecule has 0 fully saturated rings. The number of carbonyl (C=O) groups excluding carboxylic acids is 1. The van der Waals surface area contributed by atoms with Crippen LogP contribution < -0.4 is 5.32 Å². The molecule has 0 saturated carbocycles. The number of carbonyl (C=O) groups is 1. The number of aryl methyl sites for hydroxylation is 1. The van der Waals surface area contributed by atoms with E-state index in [1.54, 1.807) is 13.3 Å². The Labute approximate surface area is 76.5 Å². The second-order valence-electron chi connectivity index (χ2n) is 2.72. The summed E-state index contributed by atoms with van der Waals surface area (Å²) in [6, 6.07) is 0. The Morgan fingerprint density at radius 2 is 2.54 bits per heavy atom. The summed E-state index contributed by atoms with van der Waals surface area (Å²) in [4.78, 5) is 11.2. The third-order valence-electron chi connectivity index (χ3n) is 1.63. The van der Waals surface area contributed by atoms with Crippen LogP contribution >= 0.6 is 0 Å². The van der Waals surface area contributed by atoms with E-state index >= 15 is 0 Å². The van der Waals surface area contributed by atoms with Gasteiger partial charge in [-0.15, -0.1) is 0 Å². The van der Waals surface area contributed by atoms with Crippen molar-refractivity contribution in [2.45, 2.75) is 13.3 Å². The maximum atomic E-state index is 11.2. The average Bonchev–Trinajstić information content (AvgIpc) is 2.48. The van der Waals surface area contributed by atoms with E-state index in [2.05, 4.69) is 15.5 Å². The van der Waals surface area contributed by atoms with Crippen molar-refractivity contribution in [1.82, 2.24) is 10.2 Å². The van der Waals surface area contributed by atoms with Gasteiger partial charge in [0.25, 0.3) is 0 Å². The highest BCUT2D eigenvalue weighted by atomic mass is 16.5. The van der Waals surface area contributed by atoms with Gasteiger partial charge in [-0.25, -0.2) is 0 Å². The molecule has 0 bridgehead atoms. The molecule has 0 aliphatic rings. The van der Waals surface area contributed by atoms with Gasteiger partial charge >= 0.3 is 0 Å². The van der Waals surface area contributed by atoms with Crippen molar-refractivity contribution in [3.63, 3.8) is 0 Å². The number of aromatic amines is 1. The summed E-state index contributed by atoms with van der Waals surface area (Å²) in [6.45, 7) is 2.30. The zero-order chi connectivity index (χ0) is 9.68. The third-order valence-corrected chi connectivity index (χ3v) is 1.63. The number of ether oxygens (including phenoxy) is 1. The van der Waals surface area contributed by atoms with Gasteiger partial charge in [-0.2, -0.15) is 5.10 Å². The molecular formula is C8H13N3O2. The number of amides is 1. The molecule has 1 rings (SSSR count). The van der Waals surface area contributed by atoms with E-state index in [1.165, 1.54) is 0 Å². The predicted octanol–water partition coefficient (Wildman–Crippen LogP) is 0.693. The number of nitrogens with one attached hydrogen (secondary N) is 2. The molecule has 0 aromatic carbocycles. The van der Waals surface area contributed by atoms with Crippen molar-refractivity contribution < 1.29 is 9.53 Å². The van der Waals surface area contributed by atoms with Gasteiger partial charge in [0.2, 0.25) is 5.91 Å². The number of rotatable bonds is 4. The molecule has 0 unspecified atom stereocenters. The Morgan fingerprint density at radius 1 is 1.77 bits per heavy atom. The molecule has 1 heterocycles. The molecule has 5 nitrogen and oxygen atoms in total. The van der Waals surface area contributed by atoms with Crippen molar-refractivity contribution >= 4 is 11.7 Å². The topological polar surface area (TPSA) is 67.0 Å². The Morgan fingerprint density at radius 3 is 3.08 bits per heavy atom. The summed E-state index contributed by atoms with van der Waals surface area (Å²) in [6.07, 6.45) is 2.01. The molecule has 2 N–H and O–H groups in total. The normalized spacial score (nSPS) is 10.0. The van der Waals surface area contributed by atoms with Crippen molar-refractivity contribution in [3.05, 3.63) is 11.8 Å². The largest absolute Gasteiger partial charge is 0.384 e. The molecule has 72 valence electrons. The van der Waals surface area contributed by atoms with Gasteiger partial charge in [0.15, 0.2) is 0 Å². The standard InChI is InChI=1S/C8H13N3O2/c1-6-5-9-11-8(6)10-7(12)3-4-13-2/h5H,3-4H2,1-2H3,(H2,9,10,11,12). The molecule has 1 aromatic heterocycles. The lowest BCUT2D eigenvalue weighted by atomic mass is 10.3. The molecule has 0 radical (unpaired) electrons. The molecule has 0 atom stereocenters. The minimum absolute atomic E-state index is 0.0748. The first-order chi connectivity index (χ1) is 6.24. The quantitative estimate of drug-likeness (QED) is 0.721. The van der Waals surface area contributed by atoms with Gasteiger partial charge in [-0.1, -0.05) is 0 Å². The lowest BCUT2D eigenvalue weighted by molar-refractivity contribution is -0.117. The van der Waals surface area contributed by atoms with Crippen LogP contribution in [0.4, 0.5) is 5.82 Å². The van der Waals surface area contributed by atoms with Crippen molar-refractivity contribution in [3.8, 4) is 0 Å². The number of aromatic nitrogens is 2. The lowest BCUT2D eigenvalue weighted by Crippen LogP contribution is -2.14.